The Morgan fingerprint density at radius 1 is 1.35 bits per heavy atom. The van der Waals surface area contributed by atoms with Gasteiger partial charge < -0.3 is 25.8 Å². The minimum atomic E-state index is -1.46. The van der Waals surface area contributed by atoms with Crippen LogP contribution >= 0.6 is 0 Å². The fourth-order valence-corrected chi connectivity index (χ4v) is 4.11. The van der Waals surface area contributed by atoms with E-state index in [-0.39, 0.29) is 31.9 Å². The number of likely N-dealkylation sites (tertiary alicyclic amines) is 1. The van der Waals surface area contributed by atoms with Crippen LogP contribution in [0.25, 0.3) is 0 Å². The third kappa shape index (κ3) is 4.34. The lowest BCUT2D eigenvalue weighted by atomic mass is 9.98. The Kier molecular flexibility index (Phi) is 6.21. The average molecular weight is 432 g/mol. The highest BCUT2D eigenvalue weighted by atomic mass is 16.5. The average Bonchev–Trinajstić information content (AvgIpc) is 3.05. The molecule has 0 radical (unpaired) electrons. The van der Waals surface area contributed by atoms with E-state index in [1.54, 1.807) is 12.1 Å². The number of primary amides is 1. The smallest absolute Gasteiger partial charge is 0.407 e. The van der Waals surface area contributed by atoms with E-state index < -0.39 is 41.5 Å². The summed E-state index contributed by atoms with van der Waals surface area (Å²) in [5.41, 5.74) is 5.49. The molecule has 0 aromatic heterocycles. The van der Waals surface area contributed by atoms with Gasteiger partial charge in [-0.3, -0.25) is 19.3 Å². The lowest BCUT2D eigenvalue weighted by molar-refractivity contribution is -0.145. The molecule has 0 saturated carbocycles. The molecule has 2 heterocycles. The van der Waals surface area contributed by atoms with E-state index in [4.69, 9.17) is 10.5 Å². The van der Waals surface area contributed by atoms with Crippen LogP contribution < -0.4 is 11.1 Å². The molecule has 2 aliphatic heterocycles. The summed E-state index contributed by atoms with van der Waals surface area (Å²) in [6.45, 7) is 3.66. The van der Waals surface area contributed by atoms with E-state index in [1.807, 2.05) is 26.0 Å². The van der Waals surface area contributed by atoms with E-state index in [9.17, 15) is 24.3 Å². The van der Waals surface area contributed by atoms with Gasteiger partial charge in [-0.15, -0.1) is 0 Å². The number of amides is 4. The predicted molar refractivity (Wildman–Crippen MR) is 111 cm³/mol. The highest BCUT2D eigenvalue weighted by Gasteiger charge is 2.55. The standard InChI is InChI=1S/C21H28N4O6/c1-12(2)8-15(24(3)20(29)30)18(27)25-11-21(9-16(25)17(22)26)19(28)23-14-7-5-4-6-13(14)10-31-21/h4-7,12,15-16H,8-11H2,1-3H3,(H2,22,26)(H,23,28)(H,29,30)/t15?,16-,21?/m0/s1. The molecule has 1 saturated heterocycles. The number of rotatable bonds is 5. The summed E-state index contributed by atoms with van der Waals surface area (Å²) < 4.78 is 5.98. The van der Waals surface area contributed by atoms with Crippen LogP contribution in [0.3, 0.4) is 0 Å². The van der Waals surface area contributed by atoms with E-state index in [1.165, 1.54) is 11.9 Å². The van der Waals surface area contributed by atoms with Gasteiger partial charge in [0.1, 0.15) is 12.1 Å². The molecule has 168 valence electrons. The van der Waals surface area contributed by atoms with Gasteiger partial charge in [-0.25, -0.2) is 4.79 Å². The second-order valence-corrected chi connectivity index (χ2v) is 8.52. The van der Waals surface area contributed by atoms with E-state index in [0.29, 0.717) is 5.69 Å². The number of hydrogen-bond donors (Lipinski definition) is 3. The lowest BCUT2D eigenvalue weighted by Gasteiger charge is -2.32. The third-order valence-corrected chi connectivity index (χ3v) is 5.87. The van der Waals surface area contributed by atoms with Crippen molar-refractivity contribution in [3.05, 3.63) is 29.8 Å². The molecule has 4 amide bonds. The number of likely N-dealkylation sites (N-methyl/N-ethyl adjacent to an activating group) is 1. The summed E-state index contributed by atoms with van der Waals surface area (Å²) in [6, 6.07) is 5.07. The van der Waals surface area contributed by atoms with Crippen molar-refractivity contribution >= 4 is 29.5 Å². The van der Waals surface area contributed by atoms with Gasteiger partial charge in [-0.2, -0.15) is 0 Å². The topological polar surface area (TPSA) is 142 Å². The molecule has 3 atom stereocenters. The molecule has 1 aromatic carbocycles. The van der Waals surface area contributed by atoms with Crippen molar-refractivity contribution in [2.45, 2.75) is 51.0 Å². The first-order valence-corrected chi connectivity index (χ1v) is 10.1. The number of carbonyl (C=O) groups excluding carboxylic acids is 3. The number of para-hydroxylation sites is 1. The van der Waals surface area contributed by atoms with Crippen LogP contribution in [0.2, 0.25) is 0 Å². The number of carboxylic acid groups (broad SMARTS) is 1. The van der Waals surface area contributed by atoms with Gasteiger partial charge in [-0.1, -0.05) is 32.0 Å². The van der Waals surface area contributed by atoms with Gasteiger partial charge in [0.05, 0.1) is 13.2 Å². The summed E-state index contributed by atoms with van der Waals surface area (Å²) in [4.78, 5) is 52.4. The van der Waals surface area contributed by atoms with Gasteiger partial charge in [0.2, 0.25) is 11.8 Å². The van der Waals surface area contributed by atoms with Crippen LogP contribution in [-0.2, 0) is 25.7 Å². The first kappa shape index (κ1) is 22.5. The highest BCUT2D eigenvalue weighted by Crippen LogP contribution is 2.37. The number of carbonyl (C=O) groups is 4. The van der Waals surface area contributed by atoms with Crippen LogP contribution in [0.15, 0.2) is 24.3 Å². The molecule has 1 aromatic rings. The number of nitrogens with one attached hydrogen (secondary N) is 1. The normalized spacial score (nSPS) is 23.8. The minimum absolute atomic E-state index is 0.0197. The Hall–Kier alpha value is -3.14. The van der Waals surface area contributed by atoms with Crippen LogP contribution in [-0.4, -0.2) is 70.0 Å². The van der Waals surface area contributed by atoms with Gasteiger partial charge in [-0.05, 0) is 18.4 Å². The highest BCUT2D eigenvalue weighted by molar-refractivity contribution is 6.01. The Balaban J connectivity index is 1.92. The maximum Gasteiger partial charge on any atom is 0.407 e. The zero-order valence-corrected chi connectivity index (χ0v) is 17.8. The molecule has 1 spiro atoms. The Bertz CT molecular complexity index is 904. The monoisotopic (exact) mass is 432 g/mol. The molecule has 4 N–H and O–H groups in total. The summed E-state index contributed by atoms with van der Waals surface area (Å²) >= 11 is 0. The first-order valence-electron chi connectivity index (χ1n) is 10.1. The lowest BCUT2D eigenvalue weighted by Crippen LogP contribution is -2.54. The third-order valence-electron chi connectivity index (χ3n) is 5.87. The van der Waals surface area contributed by atoms with E-state index in [0.717, 1.165) is 10.5 Å². The van der Waals surface area contributed by atoms with Crippen LogP contribution in [0.4, 0.5) is 10.5 Å². The molecule has 10 nitrogen and oxygen atoms in total. The second kappa shape index (κ2) is 8.54. The number of nitrogens with two attached hydrogens (primary N) is 1. The minimum Gasteiger partial charge on any atom is -0.465 e. The number of nitrogens with zero attached hydrogens (tertiary/aromatic N) is 2. The predicted octanol–water partition coefficient (Wildman–Crippen LogP) is 1.00. The summed E-state index contributed by atoms with van der Waals surface area (Å²) in [5.74, 6) is -1.79. The number of anilines is 1. The fraction of sp³-hybridized carbons (Fsp3) is 0.524. The van der Waals surface area contributed by atoms with Crippen LogP contribution in [0.5, 0.6) is 0 Å². The van der Waals surface area contributed by atoms with Crippen molar-refractivity contribution in [1.82, 2.24) is 9.80 Å². The van der Waals surface area contributed by atoms with Crippen molar-refractivity contribution < 1.29 is 29.0 Å². The first-order chi connectivity index (χ1) is 14.6. The zero-order chi connectivity index (χ0) is 22.9. The van der Waals surface area contributed by atoms with Crippen LogP contribution in [0, 0.1) is 5.92 Å². The maximum atomic E-state index is 13.4. The summed E-state index contributed by atoms with van der Waals surface area (Å²) in [6.07, 6.45) is -1.10. The number of ether oxygens (including phenoxy) is 1. The van der Waals surface area contributed by atoms with Crippen LogP contribution in [0.1, 0.15) is 32.3 Å². The molecule has 2 aliphatic rings. The number of hydrogen-bond acceptors (Lipinski definition) is 5. The number of benzene rings is 1. The Morgan fingerprint density at radius 2 is 2.03 bits per heavy atom. The van der Waals surface area contributed by atoms with Crippen molar-refractivity contribution in [2.75, 3.05) is 18.9 Å². The largest absolute Gasteiger partial charge is 0.465 e. The zero-order valence-electron chi connectivity index (χ0n) is 17.8. The van der Waals surface area contributed by atoms with Gasteiger partial charge in [0, 0.05) is 24.7 Å². The molecular formula is C21H28N4O6. The molecule has 10 heteroatoms. The van der Waals surface area contributed by atoms with E-state index >= 15 is 0 Å². The maximum absolute atomic E-state index is 13.4. The molecular weight excluding hydrogens is 404 g/mol. The van der Waals surface area contributed by atoms with Crippen molar-refractivity contribution in [2.24, 2.45) is 11.7 Å². The summed E-state index contributed by atoms with van der Waals surface area (Å²) in [7, 11) is 1.31. The fourth-order valence-electron chi connectivity index (χ4n) is 4.11. The molecule has 1 fully saturated rings. The van der Waals surface area contributed by atoms with Crippen molar-refractivity contribution in [3.63, 3.8) is 0 Å². The molecule has 0 bridgehead atoms. The Morgan fingerprint density at radius 3 is 2.65 bits per heavy atom. The molecule has 2 unspecified atom stereocenters. The summed E-state index contributed by atoms with van der Waals surface area (Å²) in [5, 5.41) is 12.2. The quantitative estimate of drug-likeness (QED) is 0.634. The van der Waals surface area contributed by atoms with E-state index in [2.05, 4.69) is 5.32 Å². The van der Waals surface area contributed by atoms with Crippen molar-refractivity contribution in [3.8, 4) is 0 Å². The molecule has 31 heavy (non-hydrogen) atoms. The number of fused-ring (bicyclic) bond motifs is 1. The van der Waals surface area contributed by atoms with Gasteiger partial charge >= 0.3 is 6.09 Å². The molecule has 3 rings (SSSR count). The van der Waals surface area contributed by atoms with Gasteiger partial charge in [0.15, 0.2) is 5.60 Å². The SMILES string of the molecule is CC(C)CC(C(=O)N1CC2(C[C@H]1C(N)=O)OCc1ccccc1NC2=O)N(C)C(=O)O. The van der Waals surface area contributed by atoms with Crippen molar-refractivity contribution in [1.29, 1.82) is 0 Å². The Labute approximate surface area is 180 Å². The van der Waals surface area contributed by atoms with Gasteiger partial charge in [0.25, 0.3) is 5.91 Å². The molecule has 0 aliphatic carbocycles. The second-order valence-electron chi connectivity index (χ2n) is 8.52.